The van der Waals surface area contributed by atoms with Crippen molar-refractivity contribution >= 4 is 5.97 Å². The lowest BCUT2D eigenvalue weighted by molar-refractivity contribution is -0.145. The van der Waals surface area contributed by atoms with Crippen LogP contribution in [0.2, 0.25) is 0 Å². The number of esters is 1. The number of carbonyl (C=O) groups excluding carboxylic acids is 1. The third kappa shape index (κ3) is 9.39. The van der Waals surface area contributed by atoms with Crippen LogP contribution in [0.3, 0.4) is 0 Å². The van der Waals surface area contributed by atoms with Gasteiger partial charge in [-0.25, -0.2) is 0 Å². The summed E-state index contributed by atoms with van der Waals surface area (Å²) in [5.41, 5.74) is 0. The summed E-state index contributed by atoms with van der Waals surface area (Å²) in [4.78, 5) is 11.6. The average molecular weight is 281 g/mol. The van der Waals surface area contributed by atoms with Crippen LogP contribution >= 0.6 is 0 Å². The third-order valence-corrected chi connectivity index (χ3v) is 4.34. The minimum Gasteiger partial charge on any atom is -0.465 e. The van der Waals surface area contributed by atoms with Gasteiger partial charge in [0.05, 0.1) is 6.61 Å². The van der Waals surface area contributed by atoms with Crippen LogP contribution in [0, 0.1) is 12.8 Å². The summed E-state index contributed by atoms with van der Waals surface area (Å²) < 4.78 is 5.40. The van der Waals surface area contributed by atoms with E-state index in [0.29, 0.717) is 18.9 Å². The molecular formula is C18H33O2. The zero-order valence-electron chi connectivity index (χ0n) is 13.2. The van der Waals surface area contributed by atoms with Crippen molar-refractivity contribution in [2.45, 2.75) is 89.9 Å². The van der Waals surface area contributed by atoms with Gasteiger partial charge in [0, 0.05) is 6.42 Å². The van der Waals surface area contributed by atoms with Crippen molar-refractivity contribution in [3.05, 3.63) is 6.92 Å². The second-order valence-corrected chi connectivity index (χ2v) is 6.27. The van der Waals surface area contributed by atoms with E-state index in [1.807, 2.05) is 0 Å². The molecule has 0 aromatic rings. The maximum Gasteiger partial charge on any atom is 0.305 e. The molecule has 0 aromatic carbocycles. The third-order valence-electron chi connectivity index (χ3n) is 4.34. The lowest BCUT2D eigenvalue weighted by atomic mass is 9.90. The second kappa shape index (κ2) is 12.2. The van der Waals surface area contributed by atoms with Gasteiger partial charge in [0.1, 0.15) is 0 Å². The molecule has 0 spiro atoms. The first-order valence-corrected chi connectivity index (χ1v) is 8.78. The molecule has 1 aliphatic rings. The lowest BCUT2D eigenvalue weighted by Crippen LogP contribution is -2.16. The summed E-state index contributed by atoms with van der Waals surface area (Å²) in [6.45, 7) is 4.52. The standard InChI is InChI=1S/C18H33O2/c1-2-3-4-5-6-7-8-12-15-18(19)20-16-17-13-10-9-11-14-17/h17H,1-16H2. The Morgan fingerprint density at radius 2 is 1.50 bits per heavy atom. The molecule has 0 saturated heterocycles. The molecule has 2 nitrogen and oxygen atoms in total. The fraction of sp³-hybridized carbons (Fsp3) is 0.889. The Hall–Kier alpha value is -0.530. The molecule has 0 aromatic heterocycles. The first-order valence-electron chi connectivity index (χ1n) is 8.78. The van der Waals surface area contributed by atoms with Crippen molar-refractivity contribution < 1.29 is 9.53 Å². The Balaban J connectivity index is 1.84. The van der Waals surface area contributed by atoms with Gasteiger partial charge in [-0.1, -0.05) is 71.1 Å². The fourth-order valence-electron chi connectivity index (χ4n) is 2.97. The highest BCUT2D eigenvalue weighted by molar-refractivity contribution is 5.69. The minimum atomic E-state index is 0.0210. The molecule has 20 heavy (non-hydrogen) atoms. The molecule has 1 fully saturated rings. The van der Waals surface area contributed by atoms with Gasteiger partial charge in [0.15, 0.2) is 0 Å². The number of rotatable bonds is 11. The summed E-state index contributed by atoms with van der Waals surface area (Å²) in [6, 6.07) is 0. The number of hydrogen-bond donors (Lipinski definition) is 0. The first-order chi connectivity index (χ1) is 9.83. The minimum absolute atomic E-state index is 0.0210. The highest BCUT2D eigenvalue weighted by Crippen LogP contribution is 2.23. The van der Waals surface area contributed by atoms with Crippen LogP contribution < -0.4 is 0 Å². The van der Waals surface area contributed by atoms with Gasteiger partial charge in [-0.15, -0.1) is 0 Å². The van der Waals surface area contributed by atoms with Crippen molar-refractivity contribution in [3.8, 4) is 0 Å². The number of ether oxygens (including phenoxy) is 1. The highest BCUT2D eigenvalue weighted by atomic mass is 16.5. The monoisotopic (exact) mass is 281 g/mol. The smallest absolute Gasteiger partial charge is 0.305 e. The molecule has 0 N–H and O–H groups in total. The number of carbonyl (C=O) groups is 1. The van der Waals surface area contributed by atoms with Crippen molar-refractivity contribution in [2.75, 3.05) is 6.61 Å². The van der Waals surface area contributed by atoms with Gasteiger partial charge in [-0.05, 0) is 25.2 Å². The molecule has 1 radical (unpaired) electrons. The molecule has 1 aliphatic carbocycles. The van der Waals surface area contributed by atoms with Gasteiger partial charge in [0.25, 0.3) is 0 Å². The molecule has 1 rings (SSSR count). The van der Waals surface area contributed by atoms with E-state index in [4.69, 9.17) is 4.74 Å². The SMILES string of the molecule is [CH2]CCCCCCCCCC(=O)OCC1CCCCC1. The zero-order chi connectivity index (χ0) is 14.5. The summed E-state index contributed by atoms with van der Waals surface area (Å²) >= 11 is 0. The van der Waals surface area contributed by atoms with Gasteiger partial charge in [0.2, 0.25) is 0 Å². The van der Waals surface area contributed by atoms with E-state index in [0.717, 1.165) is 12.8 Å². The van der Waals surface area contributed by atoms with Crippen molar-refractivity contribution in [1.29, 1.82) is 0 Å². The van der Waals surface area contributed by atoms with Crippen LogP contribution in [0.4, 0.5) is 0 Å². The van der Waals surface area contributed by atoms with E-state index in [1.165, 1.54) is 70.6 Å². The summed E-state index contributed by atoms with van der Waals surface area (Å²) in [5, 5.41) is 0. The Bertz CT molecular complexity index is 232. The van der Waals surface area contributed by atoms with Crippen LogP contribution in [-0.2, 0) is 9.53 Å². The summed E-state index contributed by atoms with van der Waals surface area (Å²) in [5.74, 6) is 0.661. The predicted molar refractivity (Wildman–Crippen MR) is 84.4 cm³/mol. The highest BCUT2D eigenvalue weighted by Gasteiger charge is 2.15. The van der Waals surface area contributed by atoms with Crippen LogP contribution in [0.25, 0.3) is 0 Å². The molecule has 117 valence electrons. The zero-order valence-corrected chi connectivity index (χ0v) is 13.2. The normalized spacial score (nSPS) is 16.2. The summed E-state index contributed by atoms with van der Waals surface area (Å²) in [6.07, 6.45) is 16.8. The van der Waals surface area contributed by atoms with E-state index >= 15 is 0 Å². The molecule has 0 aliphatic heterocycles. The molecular weight excluding hydrogens is 248 g/mol. The Morgan fingerprint density at radius 1 is 0.900 bits per heavy atom. The molecule has 0 unspecified atom stereocenters. The fourth-order valence-corrected chi connectivity index (χ4v) is 2.97. The predicted octanol–water partition coefficient (Wildman–Crippen LogP) is 5.45. The van der Waals surface area contributed by atoms with Crippen molar-refractivity contribution in [3.63, 3.8) is 0 Å². The van der Waals surface area contributed by atoms with Crippen LogP contribution in [0.15, 0.2) is 0 Å². The molecule has 0 atom stereocenters. The van der Waals surface area contributed by atoms with Crippen molar-refractivity contribution in [1.82, 2.24) is 0 Å². The Kier molecular flexibility index (Phi) is 10.7. The maximum atomic E-state index is 11.6. The van der Waals surface area contributed by atoms with Crippen molar-refractivity contribution in [2.24, 2.45) is 5.92 Å². The van der Waals surface area contributed by atoms with Crippen LogP contribution in [0.1, 0.15) is 89.9 Å². The van der Waals surface area contributed by atoms with Crippen LogP contribution in [-0.4, -0.2) is 12.6 Å². The van der Waals surface area contributed by atoms with E-state index in [1.54, 1.807) is 0 Å². The molecule has 1 saturated carbocycles. The first kappa shape index (κ1) is 17.5. The Morgan fingerprint density at radius 3 is 2.15 bits per heavy atom. The number of unbranched alkanes of at least 4 members (excludes halogenated alkanes) is 7. The lowest BCUT2D eigenvalue weighted by Gasteiger charge is -2.20. The molecule has 0 amide bonds. The molecule has 0 bridgehead atoms. The van der Waals surface area contributed by atoms with Gasteiger partial charge >= 0.3 is 5.97 Å². The van der Waals surface area contributed by atoms with Gasteiger partial charge in [-0.3, -0.25) is 4.79 Å². The Labute approximate surface area is 125 Å². The van der Waals surface area contributed by atoms with E-state index in [9.17, 15) is 4.79 Å². The van der Waals surface area contributed by atoms with Gasteiger partial charge in [-0.2, -0.15) is 0 Å². The summed E-state index contributed by atoms with van der Waals surface area (Å²) in [7, 11) is 0. The average Bonchev–Trinajstić information content (AvgIpc) is 2.49. The number of hydrogen-bond acceptors (Lipinski definition) is 2. The van der Waals surface area contributed by atoms with E-state index in [-0.39, 0.29) is 5.97 Å². The van der Waals surface area contributed by atoms with E-state index < -0.39 is 0 Å². The van der Waals surface area contributed by atoms with Gasteiger partial charge < -0.3 is 4.74 Å². The van der Waals surface area contributed by atoms with Crippen LogP contribution in [0.5, 0.6) is 0 Å². The maximum absolute atomic E-state index is 11.6. The quantitative estimate of drug-likeness (QED) is 0.371. The van der Waals surface area contributed by atoms with E-state index in [2.05, 4.69) is 6.92 Å². The topological polar surface area (TPSA) is 26.3 Å². The molecule has 0 heterocycles. The molecule has 2 heteroatoms. The second-order valence-electron chi connectivity index (χ2n) is 6.27. The largest absolute Gasteiger partial charge is 0.465 e.